The average molecular weight is 555 g/mol. The average Bonchev–Trinajstić information content (AvgIpc) is 2.81. The van der Waals surface area contributed by atoms with Gasteiger partial charge in [-0.25, -0.2) is 0 Å². The van der Waals surface area contributed by atoms with Gasteiger partial charge in [0.15, 0.2) is 11.4 Å². The Bertz CT molecular complexity index is 1400. The van der Waals surface area contributed by atoms with Crippen molar-refractivity contribution in [1.29, 1.82) is 0 Å². The van der Waals surface area contributed by atoms with Crippen molar-refractivity contribution in [3.8, 4) is 5.75 Å². The number of nitrogens with two attached hydrogens (primary N) is 1. The number of phenolic OH excluding ortho intramolecular Hbond substituents is 1. The number of Topliss-reactive ketones (excluding diaryl/α,β-unsaturated/α-hetero) is 2. The predicted octanol–water partition coefficient (Wildman–Crippen LogP) is 0.872. The zero-order chi connectivity index (χ0) is 29.6. The summed E-state index contributed by atoms with van der Waals surface area (Å²) in [5.74, 6) is -6.43. The fraction of sp³-hybridized carbons (Fsp3) is 0.552. The molecule has 40 heavy (non-hydrogen) atoms. The first-order chi connectivity index (χ1) is 18.5. The molecular formula is C29H38N4O7. The van der Waals surface area contributed by atoms with Gasteiger partial charge in [0, 0.05) is 56.5 Å². The molecule has 4 atom stereocenters. The maximum absolute atomic E-state index is 14.1. The second kappa shape index (κ2) is 9.05. The minimum absolute atomic E-state index is 0.0595. The number of likely N-dealkylation sites (N-methyl/N-ethyl adjacent to an activating group) is 1. The van der Waals surface area contributed by atoms with Crippen molar-refractivity contribution < 1.29 is 34.8 Å². The highest BCUT2D eigenvalue weighted by Gasteiger charge is 2.64. The number of hydrogen-bond acceptors (Lipinski definition) is 10. The van der Waals surface area contributed by atoms with E-state index in [1.807, 2.05) is 25.1 Å². The molecule has 1 saturated heterocycles. The van der Waals surface area contributed by atoms with E-state index in [4.69, 9.17) is 5.73 Å². The van der Waals surface area contributed by atoms with Crippen LogP contribution in [0.3, 0.4) is 0 Å². The molecule has 0 spiro atoms. The number of carbonyl (C=O) groups is 3. The Hall–Kier alpha value is -3.41. The summed E-state index contributed by atoms with van der Waals surface area (Å²) in [7, 11) is 6.88. The third-order valence-corrected chi connectivity index (χ3v) is 8.96. The number of primary amides is 1. The Labute approximate surface area is 233 Å². The van der Waals surface area contributed by atoms with Crippen molar-refractivity contribution in [1.82, 2.24) is 9.80 Å². The Kier molecular flexibility index (Phi) is 6.37. The number of aliphatic hydroxyl groups is 3. The molecule has 216 valence electrons. The van der Waals surface area contributed by atoms with E-state index in [2.05, 4.69) is 18.7 Å². The lowest BCUT2D eigenvalue weighted by atomic mass is 9.57. The Morgan fingerprint density at radius 2 is 1.75 bits per heavy atom. The maximum atomic E-state index is 14.1. The molecule has 1 heterocycles. The molecule has 5 rings (SSSR count). The number of rotatable bonds is 5. The van der Waals surface area contributed by atoms with Crippen LogP contribution in [0, 0.1) is 17.3 Å². The van der Waals surface area contributed by atoms with E-state index < -0.39 is 58.0 Å². The summed E-state index contributed by atoms with van der Waals surface area (Å²) in [4.78, 5) is 45.0. The number of nitrogens with zero attached hydrogens (tertiary/aromatic N) is 3. The van der Waals surface area contributed by atoms with E-state index in [0.717, 1.165) is 18.8 Å². The molecule has 11 heteroatoms. The monoisotopic (exact) mass is 554 g/mol. The lowest BCUT2D eigenvalue weighted by Crippen LogP contribution is -2.65. The smallest absolute Gasteiger partial charge is 0.255 e. The highest BCUT2D eigenvalue weighted by atomic mass is 16.3. The van der Waals surface area contributed by atoms with Crippen LogP contribution in [-0.4, -0.2) is 101 Å². The number of benzene rings is 1. The van der Waals surface area contributed by atoms with E-state index in [1.165, 1.54) is 4.90 Å². The van der Waals surface area contributed by atoms with Crippen molar-refractivity contribution in [2.45, 2.75) is 44.9 Å². The number of aromatic hydroxyl groups is 1. The largest absolute Gasteiger partial charge is 0.508 e. The highest BCUT2D eigenvalue weighted by Crippen LogP contribution is 2.54. The van der Waals surface area contributed by atoms with Gasteiger partial charge >= 0.3 is 0 Å². The van der Waals surface area contributed by atoms with Crippen LogP contribution in [0.15, 0.2) is 23.0 Å². The normalized spacial score (nSPS) is 29.6. The number of likely N-dealkylation sites (tertiary alicyclic amines) is 1. The fourth-order valence-corrected chi connectivity index (χ4v) is 7.38. The summed E-state index contributed by atoms with van der Waals surface area (Å²) < 4.78 is 0. The van der Waals surface area contributed by atoms with Gasteiger partial charge in [0.25, 0.3) is 5.91 Å². The molecule has 1 amide bonds. The Balaban J connectivity index is 1.68. The summed E-state index contributed by atoms with van der Waals surface area (Å²) in [6, 6.07) is 0.793. The summed E-state index contributed by atoms with van der Waals surface area (Å²) >= 11 is 0. The quantitative estimate of drug-likeness (QED) is 0.330. The highest BCUT2D eigenvalue weighted by molar-refractivity contribution is 6.24. The van der Waals surface area contributed by atoms with Gasteiger partial charge in [-0.2, -0.15) is 0 Å². The van der Waals surface area contributed by atoms with Gasteiger partial charge < -0.3 is 31.1 Å². The SMILES string of the molecule is CN(C)c1cc(CN2CC(C)(C)C2)c(O)c2c1C[C@H]1C[C@H]3[C@H](N(C)C)C(=O)C(C(N)=O)=C(O)[C@@]3(O)C(=O)C1=C2O. The van der Waals surface area contributed by atoms with Gasteiger partial charge in [-0.05, 0) is 49.9 Å². The number of hydrogen-bond donors (Lipinski definition) is 5. The molecule has 0 unspecified atom stereocenters. The van der Waals surface area contributed by atoms with E-state index in [0.29, 0.717) is 17.7 Å². The summed E-state index contributed by atoms with van der Waals surface area (Å²) in [6.07, 6.45) is 0.316. The van der Waals surface area contributed by atoms with Crippen molar-refractivity contribution >= 4 is 28.9 Å². The molecule has 1 aromatic rings. The van der Waals surface area contributed by atoms with E-state index in [1.54, 1.807) is 14.1 Å². The Morgan fingerprint density at radius 3 is 2.27 bits per heavy atom. The number of ketones is 2. The van der Waals surface area contributed by atoms with Crippen LogP contribution in [0.2, 0.25) is 0 Å². The molecule has 6 N–H and O–H groups in total. The minimum atomic E-state index is -2.65. The number of anilines is 1. The van der Waals surface area contributed by atoms with Crippen molar-refractivity contribution in [3.63, 3.8) is 0 Å². The van der Waals surface area contributed by atoms with E-state index in [-0.39, 0.29) is 35.1 Å². The number of aliphatic hydroxyl groups excluding tert-OH is 2. The summed E-state index contributed by atoms with van der Waals surface area (Å²) in [5.41, 5.74) is 4.11. The molecule has 0 aromatic heterocycles. The van der Waals surface area contributed by atoms with Gasteiger partial charge in [0.1, 0.15) is 22.8 Å². The molecule has 1 saturated carbocycles. The molecule has 3 aliphatic carbocycles. The molecule has 0 radical (unpaired) electrons. The van der Waals surface area contributed by atoms with Crippen LogP contribution < -0.4 is 10.6 Å². The number of carbonyl (C=O) groups excluding carboxylic acids is 3. The second-order valence-corrected chi connectivity index (χ2v) is 12.9. The van der Waals surface area contributed by atoms with Crippen LogP contribution in [0.4, 0.5) is 5.69 Å². The van der Waals surface area contributed by atoms with Crippen LogP contribution in [0.25, 0.3) is 5.76 Å². The first-order valence-electron chi connectivity index (χ1n) is 13.4. The van der Waals surface area contributed by atoms with E-state index >= 15 is 0 Å². The van der Waals surface area contributed by atoms with Gasteiger partial charge in [-0.15, -0.1) is 0 Å². The summed E-state index contributed by atoms with van der Waals surface area (Å²) in [6.45, 7) is 6.48. The fourth-order valence-electron chi connectivity index (χ4n) is 7.38. The van der Waals surface area contributed by atoms with Crippen molar-refractivity contribution in [2.24, 2.45) is 23.0 Å². The zero-order valence-electron chi connectivity index (χ0n) is 23.8. The predicted molar refractivity (Wildman–Crippen MR) is 148 cm³/mol. The van der Waals surface area contributed by atoms with Crippen LogP contribution in [-0.2, 0) is 27.3 Å². The molecule has 1 aliphatic heterocycles. The number of fused-ring (bicyclic) bond motifs is 3. The minimum Gasteiger partial charge on any atom is -0.508 e. The van der Waals surface area contributed by atoms with Crippen LogP contribution in [0.5, 0.6) is 5.75 Å². The van der Waals surface area contributed by atoms with Crippen LogP contribution in [0.1, 0.15) is 37.0 Å². The molecule has 2 fully saturated rings. The van der Waals surface area contributed by atoms with Crippen molar-refractivity contribution in [3.05, 3.63) is 39.7 Å². The molecule has 11 nitrogen and oxygen atoms in total. The molecule has 4 aliphatic rings. The zero-order valence-corrected chi connectivity index (χ0v) is 23.8. The van der Waals surface area contributed by atoms with Crippen molar-refractivity contribution in [2.75, 3.05) is 46.2 Å². The standard InChI is InChI=1S/C29H38N4O7/c1-28(2)11-33(12-28)10-14-9-17(31(3)4)15-7-13-8-16-21(32(5)6)24(36)20(27(30)39)26(38)29(16,40)25(37)18(13)23(35)19(15)22(14)34/h9,13,16,21,34-35,38,40H,7-8,10-12H2,1-6H3,(H2,30,39)/t13-,16-,21-,29-/m0/s1. The van der Waals surface area contributed by atoms with Gasteiger partial charge in [0.05, 0.1) is 11.6 Å². The Morgan fingerprint density at radius 1 is 1.12 bits per heavy atom. The maximum Gasteiger partial charge on any atom is 0.255 e. The van der Waals surface area contributed by atoms with E-state index in [9.17, 15) is 34.8 Å². The van der Waals surface area contributed by atoms with Crippen LogP contribution >= 0.6 is 0 Å². The van der Waals surface area contributed by atoms with Gasteiger partial charge in [-0.1, -0.05) is 13.8 Å². The number of phenols is 1. The van der Waals surface area contributed by atoms with Gasteiger partial charge in [-0.3, -0.25) is 24.2 Å². The van der Waals surface area contributed by atoms with Gasteiger partial charge in [0.2, 0.25) is 5.78 Å². The molecular weight excluding hydrogens is 516 g/mol. The molecule has 1 aromatic carbocycles. The topological polar surface area (TPSA) is 168 Å². The first-order valence-corrected chi connectivity index (χ1v) is 13.4. The third-order valence-electron chi connectivity index (χ3n) is 8.96. The second-order valence-electron chi connectivity index (χ2n) is 12.9. The molecule has 0 bridgehead atoms. The number of amides is 1. The summed E-state index contributed by atoms with van der Waals surface area (Å²) in [5, 5.41) is 45.8. The lowest BCUT2D eigenvalue weighted by Gasteiger charge is -2.50. The third kappa shape index (κ3) is 3.86. The first kappa shape index (κ1) is 28.1. The lowest BCUT2D eigenvalue weighted by molar-refractivity contribution is -0.153.